The van der Waals surface area contributed by atoms with Gasteiger partial charge in [0.15, 0.2) is 0 Å². The van der Waals surface area contributed by atoms with Gasteiger partial charge < -0.3 is 9.64 Å². The Morgan fingerprint density at radius 1 is 1.47 bits per heavy atom. The van der Waals surface area contributed by atoms with E-state index in [0.717, 1.165) is 5.69 Å². The fourth-order valence-electron chi connectivity index (χ4n) is 1.75. The fraction of sp³-hybridized carbons (Fsp3) is 0.462. The lowest BCUT2D eigenvalue weighted by Gasteiger charge is -2.25. The Hall–Kier alpha value is -1.66. The number of anilines is 1. The quantitative estimate of drug-likeness (QED) is 0.368. The molecule has 3 N–H and O–H groups in total. The third-order valence-electron chi connectivity index (χ3n) is 2.59. The molecule has 0 heterocycles. The highest BCUT2D eigenvalue weighted by atomic mass is 19.1. The van der Waals surface area contributed by atoms with Gasteiger partial charge in [0.05, 0.1) is 12.6 Å². The molecular formula is C13H21FN4O. The van der Waals surface area contributed by atoms with E-state index in [1.165, 1.54) is 12.1 Å². The van der Waals surface area contributed by atoms with Crippen molar-refractivity contribution in [3.63, 3.8) is 0 Å². The zero-order valence-corrected chi connectivity index (χ0v) is 11.6. The number of nitrogens with one attached hydrogen (secondary N) is 1. The molecule has 0 fully saturated rings. The van der Waals surface area contributed by atoms with Crippen molar-refractivity contribution in [1.29, 1.82) is 0 Å². The summed E-state index contributed by atoms with van der Waals surface area (Å²) < 4.78 is 18.0. The molecule has 1 aromatic rings. The number of rotatable bonds is 5. The van der Waals surface area contributed by atoms with Gasteiger partial charge in [0.2, 0.25) is 5.96 Å². The third-order valence-corrected chi connectivity index (χ3v) is 2.59. The van der Waals surface area contributed by atoms with E-state index >= 15 is 0 Å². The van der Waals surface area contributed by atoms with Crippen LogP contribution in [0, 0.1) is 5.82 Å². The Balaban J connectivity index is 2.95. The third kappa shape index (κ3) is 4.50. The normalized spacial score (nSPS) is 13.2. The van der Waals surface area contributed by atoms with Crippen LogP contribution in [0.15, 0.2) is 29.3 Å². The van der Waals surface area contributed by atoms with Gasteiger partial charge in [-0.25, -0.2) is 15.2 Å². The Bertz CT molecular complexity index is 408. The average Bonchev–Trinajstić information content (AvgIpc) is 2.40. The van der Waals surface area contributed by atoms with Crippen LogP contribution in [0.25, 0.3) is 0 Å². The lowest BCUT2D eigenvalue weighted by atomic mass is 10.3. The maximum atomic E-state index is 12.9. The summed E-state index contributed by atoms with van der Waals surface area (Å²) in [7, 11) is 1.62. The van der Waals surface area contributed by atoms with E-state index in [1.54, 1.807) is 19.2 Å². The molecule has 106 valence electrons. The first-order valence-electron chi connectivity index (χ1n) is 6.18. The van der Waals surface area contributed by atoms with Crippen LogP contribution in [-0.4, -0.2) is 32.3 Å². The summed E-state index contributed by atoms with van der Waals surface area (Å²) in [6, 6.07) is 6.17. The molecule has 0 saturated carbocycles. The van der Waals surface area contributed by atoms with Crippen molar-refractivity contribution in [2.45, 2.75) is 19.9 Å². The molecule has 1 atom stereocenters. The van der Waals surface area contributed by atoms with Crippen molar-refractivity contribution in [3.05, 3.63) is 30.1 Å². The van der Waals surface area contributed by atoms with E-state index in [4.69, 9.17) is 10.6 Å². The topological polar surface area (TPSA) is 62.9 Å². The number of benzene rings is 1. The molecule has 1 unspecified atom stereocenters. The smallest absolute Gasteiger partial charge is 0.213 e. The summed E-state index contributed by atoms with van der Waals surface area (Å²) in [5, 5.41) is 0. The molecule has 0 aromatic heterocycles. The summed E-state index contributed by atoms with van der Waals surface area (Å²) in [5.74, 6) is 5.78. The number of aliphatic imine (C=N–C) groups is 1. The fourth-order valence-corrected chi connectivity index (χ4v) is 1.75. The van der Waals surface area contributed by atoms with Gasteiger partial charge in [-0.2, -0.15) is 0 Å². The number of nitrogens with zero attached hydrogens (tertiary/aromatic N) is 2. The number of hydrogen-bond acceptors (Lipinski definition) is 3. The van der Waals surface area contributed by atoms with E-state index in [9.17, 15) is 4.39 Å². The Morgan fingerprint density at radius 2 is 2.11 bits per heavy atom. The highest BCUT2D eigenvalue weighted by molar-refractivity contribution is 5.95. The van der Waals surface area contributed by atoms with Crippen LogP contribution in [0.3, 0.4) is 0 Å². The molecule has 1 aromatic carbocycles. The molecule has 5 nitrogen and oxygen atoms in total. The van der Waals surface area contributed by atoms with Crippen LogP contribution < -0.4 is 16.2 Å². The summed E-state index contributed by atoms with van der Waals surface area (Å²) in [6.45, 7) is 5.07. The number of guanidine groups is 1. The van der Waals surface area contributed by atoms with Gasteiger partial charge in [-0.15, -0.1) is 0 Å². The summed E-state index contributed by atoms with van der Waals surface area (Å²) in [4.78, 5) is 6.31. The molecule has 19 heavy (non-hydrogen) atoms. The summed E-state index contributed by atoms with van der Waals surface area (Å²) in [5.41, 5.74) is 3.41. The number of halogens is 1. The van der Waals surface area contributed by atoms with Crippen molar-refractivity contribution in [2.24, 2.45) is 10.8 Å². The van der Waals surface area contributed by atoms with Crippen LogP contribution in [0.4, 0.5) is 10.1 Å². The zero-order chi connectivity index (χ0) is 14.3. The van der Waals surface area contributed by atoms with Crippen molar-refractivity contribution in [2.75, 3.05) is 25.2 Å². The monoisotopic (exact) mass is 268 g/mol. The average molecular weight is 268 g/mol. The first-order valence-corrected chi connectivity index (χ1v) is 6.18. The van der Waals surface area contributed by atoms with E-state index in [1.807, 2.05) is 18.7 Å². The predicted molar refractivity (Wildman–Crippen MR) is 75.5 cm³/mol. The minimum atomic E-state index is -0.272. The van der Waals surface area contributed by atoms with Gasteiger partial charge in [0.25, 0.3) is 0 Å². The first-order chi connectivity index (χ1) is 9.12. The molecule has 0 spiro atoms. The number of methoxy groups -OCH3 is 1. The van der Waals surface area contributed by atoms with Crippen LogP contribution >= 0.6 is 0 Å². The highest BCUT2D eigenvalue weighted by Gasteiger charge is 2.12. The maximum absolute atomic E-state index is 12.9. The summed E-state index contributed by atoms with van der Waals surface area (Å²) in [6.07, 6.45) is 0. The molecular weight excluding hydrogens is 247 g/mol. The van der Waals surface area contributed by atoms with Crippen LogP contribution in [0.5, 0.6) is 0 Å². The van der Waals surface area contributed by atoms with Crippen molar-refractivity contribution in [1.82, 2.24) is 5.43 Å². The Kier molecular flexibility index (Phi) is 6.24. The Labute approximate surface area is 113 Å². The van der Waals surface area contributed by atoms with Crippen LogP contribution in [0.1, 0.15) is 13.8 Å². The molecule has 0 saturated heterocycles. The van der Waals surface area contributed by atoms with Gasteiger partial charge in [0.1, 0.15) is 5.82 Å². The SMILES string of the molecule is CCN(C(=NC(C)COC)NN)c1ccc(F)cc1. The second kappa shape index (κ2) is 7.70. The molecule has 0 aliphatic carbocycles. The van der Waals surface area contributed by atoms with Crippen LogP contribution in [0.2, 0.25) is 0 Å². The first kappa shape index (κ1) is 15.4. The second-order valence-electron chi connectivity index (χ2n) is 4.12. The standard InChI is InChI=1S/C13H21FN4O/c1-4-18(12-7-5-11(14)6-8-12)13(17-15)16-10(2)9-19-3/h5-8,10H,4,9,15H2,1-3H3,(H,16,17). The molecule has 0 amide bonds. The predicted octanol–water partition coefficient (Wildman–Crippen LogP) is 1.51. The number of ether oxygens (including phenoxy) is 1. The highest BCUT2D eigenvalue weighted by Crippen LogP contribution is 2.15. The van der Waals surface area contributed by atoms with Crippen LogP contribution in [-0.2, 0) is 4.74 Å². The molecule has 0 aliphatic heterocycles. The van der Waals surface area contributed by atoms with E-state index in [2.05, 4.69) is 10.4 Å². The molecule has 1 rings (SSSR count). The molecule has 0 bridgehead atoms. The number of nitrogens with two attached hydrogens (primary N) is 1. The van der Waals surface area contributed by atoms with E-state index in [0.29, 0.717) is 19.1 Å². The maximum Gasteiger partial charge on any atom is 0.213 e. The van der Waals surface area contributed by atoms with Gasteiger partial charge >= 0.3 is 0 Å². The minimum absolute atomic E-state index is 0.0226. The minimum Gasteiger partial charge on any atom is -0.382 e. The van der Waals surface area contributed by atoms with E-state index < -0.39 is 0 Å². The van der Waals surface area contributed by atoms with Gasteiger partial charge in [-0.3, -0.25) is 5.43 Å². The zero-order valence-electron chi connectivity index (χ0n) is 11.6. The van der Waals surface area contributed by atoms with Crippen molar-refractivity contribution >= 4 is 11.6 Å². The van der Waals surface area contributed by atoms with Gasteiger partial charge in [-0.05, 0) is 38.1 Å². The lowest BCUT2D eigenvalue weighted by molar-refractivity contribution is 0.185. The second-order valence-corrected chi connectivity index (χ2v) is 4.12. The summed E-state index contributed by atoms with van der Waals surface area (Å²) >= 11 is 0. The lowest BCUT2D eigenvalue weighted by Crippen LogP contribution is -2.45. The number of hydrogen-bond donors (Lipinski definition) is 2. The molecule has 6 heteroatoms. The van der Waals surface area contributed by atoms with Crippen molar-refractivity contribution in [3.8, 4) is 0 Å². The largest absolute Gasteiger partial charge is 0.382 e. The molecule has 0 radical (unpaired) electrons. The van der Waals surface area contributed by atoms with Crippen molar-refractivity contribution < 1.29 is 9.13 Å². The van der Waals surface area contributed by atoms with Gasteiger partial charge in [0, 0.05) is 19.3 Å². The van der Waals surface area contributed by atoms with Gasteiger partial charge in [-0.1, -0.05) is 0 Å². The Morgan fingerprint density at radius 3 is 2.58 bits per heavy atom. The molecule has 0 aliphatic rings. The number of hydrazine groups is 1. The van der Waals surface area contributed by atoms with E-state index in [-0.39, 0.29) is 11.9 Å².